The number of ether oxygens (including phenoxy) is 2. The van der Waals surface area contributed by atoms with Crippen molar-refractivity contribution in [2.24, 2.45) is 47.3 Å². The van der Waals surface area contributed by atoms with Crippen molar-refractivity contribution in [1.29, 1.82) is 0 Å². The summed E-state index contributed by atoms with van der Waals surface area (Å²) in [6, 6.07) is 0. The molecule has 0 aliphatic heterocycles. The van der Waals surface area contributed by atoms with Crippen LogP contribution in [0.1, 0.15) is 52.4 Å². The van der Waals surface area contributed by atoms with Crippen LogP contribution < -0.4 is 0 Å². The molecule has 0 amide bonds. The molecule has 0 aromatic carbocycles. The smallest absolute Gasteiger partial charge is 0.310 e. The SMILES string of the molecule is CCCCOC(=O)C1C(C(=O)OCCCC)[C@@H]2C[C@@H]1C1C3C=CC(C3)C12. The lowest BCUT2D eigenvalue weighted by molar-refractivity contribution is -0.166. The van der Waals surface area contributed by atoms with E-state index in [1.165, 1.54) is 6.42 Å². The molecule has 0 aromatic rings. The van der Waals surface area contributed by atoms with Crippen LogP contribution >= 0.6 is 0 Å². The third kappa shape index (κ3) is 2.80. The summed E-state index contributed by atoms with van der Waals surface area (Å²) in [5, 5.41) is 0. The van der Waals surface area contributed by atoms with Crippen molar-refractivity contribution in [2.75, 3.05) is 13.2 Å². The lowest BCUT2D eigenvalue weighted by Crippen LogP contribution is -2.45. The van der Waals surface area contributed by atoms with Gasteiger partial charge in [0, 0.05) is 0 Å². The first-order valence-corrected chi connectivity index (χ1v) is 10.7. The second kappa shape index (κ2) is 7.36. The van der Waals surface area contributed by atoms with Crippen LogP contribution in [0, 0.1) is 47.3 Å². The van der Waals surface area contributed by atoms with Gasteiger partial charge in [-0.15, -0.1) is 0 Å². The van der Waals surface area contributed by atoms with Gasteiger partial charge in [-0.05, 0) is 61.2 Å². The van der Waals surface area contributed by atoms with Crippen molar-refractivity contribution in [3.8, 4) is 0 Å². The molecule has 4 rings (SSSR count). The molecule has 8 atom stereocenters. The number of hydrogen-bond donors (Lipinski definition) is 0. The number of fused-ring (bicyclic) bond motifs is 9. The summed E-state index contributed by atoms with van der Waals surface area (Å²) in [7, 11) is 0. The molecular formula is C22H32O4. The summed E-state index contributed by atoms with van der Waals surface area (Å²) in [6.07, 6.45) is 10.7. The van der Waals surface area contributed by atoms with Crippen molar-refractivity contribution in [3.63, 3.8) is 0 Å². The molecule has 3 fully saturated rings. The van der Waals surface area contributed by atoms with E-state index in [4.69, 9.17) is 9.47 Å². The molecular weight excluding hydrogens is 328 g/mol. The van der Waals surface area contributed by atoms with E-state index in [0.29, 0.717) is 48.7 Å². The maximum Gasteiger partial charge on any atom is 0.310 e. The van der Waals surface area contributed by atoms with Crippen LogP contribution in [-0.4, -0.2) is 25.2 Å². The van der Waals surface area contributed by atoms with Crippen LogP contribution in [0.2, 0.25) is 0 Å². The second-order valence-corrected chi connectivity index (χ2v) is 8.76. The number of hydrogen-bond acceptors (Lipinski definition) is 4. The predicted molar refractivity (Wildman–Crippen MR) is 98.0 cm³/mol. The van der Waals surface area contributed by atoms with E-state index < -0.39 is 0 Å². The Morgan fingerprint density at radius 2 is 1.27 bits per heavy atom. The van der Waals surface area contributed by atoms with E-state index >= 15 is 0 Å². The molecule has 0 N–H and O–H groups in total. The summed E-state index contributed by atoms with van der Waals surface area (Å²) in [6.45, 7) is 5.12. The molecule has 144 valence electrons. The average Bonchev–Trinajstić information content (AvgIpc) is 3.39. The summed E-state index contributed by atoms with van der Waals surface area (Å²) < 4.78 is 11.2. The Hall–Kier alpha value is -1.32. The monoisotopic (exact) mass is 360 g/mol. The number of carbonyl (C=O) groups is 2. The molecule has 6 unspecified atom stereocenters. The van der Waals surface area contributed by atoms with Gasteiger partial charge in [0.25, 0.3) is 0 Å². The Balaban J connectivity index is 1.52. The van der Waals surface area contributed by atoms with Crippen LogP contribution in [0.3, 0.4) is 0 Å². The average molecular weight is 360 g/mol. The predicted octanol–water partition coefficient (Wildman–Crippen LogP) is 3.99. The molecule has 0 spiro atoms. The van der Waals surface area contributed by atoms with Crippen LogP contribution in [0.25, 0.3) is 0 Å². The normalized spacial score (nSPS) is 41.5. The Bertz CT molecular complexity index is 535. The molecule has 3 saturated carbocycles. The van der Waals surface area contributed by atoms with Gasteiger partial charge in [0.2, 0.25) is 0 Å². The molecule has 0 radical (unpaired) electrons. The summed E-state index contributed by atoms with van der Waals surface area (Å²) in [5.74, 6) is 2.16. The highest BCUT2D eigenvalue weighted by Crippen LogP contribution is 2.69. The molecule has 0 saturated heterocycles. The summed E-state index contributed by atoms with van der Waals surface area (Å²) in [4.78, 5) is 25.8. The van der Waals surface area contributed by atoms with Crippen LogP contribution in [0.5, 0.6) is 0 Å². The van der Waals surface area contributed by atoms with Crippen molar-refractivity contribution in [1.82, 2.24) is 0 Å². The number of allylic oxidation sites excluding steroid dienone is 2. The maximum absolute atomic E-state index is 12.9. The fourth-order valence-corrected chi connectivity index (χ4v) is 6.51. The fourth-order valence-electron chi connectivity index (χ4n) is 6.51. The van der Waals surface area contributed by atoms with Crippen molar-refractivity contribution in [2.45, 2.75) is 52.4 Å². The van der Waals surface area contributed by atoms with Gasteiger partial charge in [0.05, 0.1) is 25.0 Å². The zero-order valence-corrected chi connectivity index (χ0v) is 16.1. The van der Waals surface area contributed by atoms with Crippen molar-refractivity contribution < 1.29 is 19.1 Å². The number of esters is 2. The summed E-state index contributed by atoms with van der Waals surface area (Å²) in [5.41, 5.74) is 0. The van der Waals surface area contributed by atoms with Crippen LogP contribution in [0.15, 0.2) is 12.2 Å². The quantitative estimate of drug-likeness (QED) is 0.284. The zero-order valence-electron chi connectivity index (χ0n) is 16.1. The highest BCUT2D eigenvalue weighted by atomic mass is 16.5. The van der Waals surface area contributed by atoms with Crippen molar-refractivity contribution in [3.05, 3.63) is 12.2 Å². The van der Waals surface area contributed by atoms with Gasteiger partial charge in [-0.1, -0.05) is 38.8 Å². The highest BCUT2D eigenvalue weighted by Gasteiger charge is 2.68. The third-order valence-electron chi connectivity index (χ3n) is 7.45. The van der Waals surface area contributed by atoms with Gasteiger partial charge >= 0.3 is 11.9 Å². The molecule has 4 heteroatoms. The van der Waals surface area contributed by atoms with E-state index in [9.17, 15) is 9.59 Å². The van der Waals surface area contributed by atoms with E-state index in [-0.39, 0.29) is 23.8 Å². The van der Waals surface area contributed by atoms with E-state index in [2.05, 4.69) is 26.0 Å². The maximum atomic E-state index is 12.9. The minimum absolute atomic E-state index is 0.145. The number of rotatable bonds is 8. The fraction of sp³-hybridized carbons (Fsp3) is 0.818. The second-order valence-electron chi connectivity index (χ2n) is 8.76. The highest BCUT2D eigenvalue weighted by molar-refractivity contribution is 5.84. The number of carbonyl (C=O) groups excluding carboxylic acids is 2. The lowest BCUT2D eigenvalue weighted by atomic mass is 9.65. The molecule has 4 aliphatic rings. The molecule has 4 aliphatic carbocycles. The first-order chi connectivity index (χ1) is 12.7. The van der Waals surface area contributed by atoms with E-state index in [1.54, 1.807) is 0 Å². The van der Waals surface area contributed by atoms with Gasteiger partial charge in [0.1, 0.15) is 0 Å². The van der Waals surface area contributed by atoms with E-state index in [0.717, 1.165) is 32.1 Å². The van der Waals surface area contributed by atoms with Gasteiger partial charge in [-0.2, -0.15) is 0 Å². The molecule has 0 aromatic heterocycles. The van der Waals surface area contributed by atoms with Crippen molar-refractivity contribution >= 4 is 11.9 Å². The van der Waals surface area contributed by atoms with Gasteiger partial charge in [-0.3, -0.25) is 9.59 Å². The van der Waals surface area contributed by atoms with Gasteiger partial charge in [-0.25, -0.2) is 0 Å². The Labute approximate surface area is 156 Å². The lowest BCUT2D eigenvalue weighted by Gasteiger charge is -2.39. The summed E-state index contributed by atoms with van der Waals surface area (Å²) >= 11 is 0. The van der Waals surface area contributed by atoms with Gasteiger partial charge in [0.15, 0.2) is 0 Å². The Morgan fingerprint density at radius 3 is 1.69 bits per heavy atom. The topological polar surface area (TPSA) is 52.6 Å². The minimum Gasteiger partial charge on any atom is -0.465 e. The first-order valence-electron chi connectivity index (χ1n) is 10.7. The van der Waals surface area contributed by atoms with Gasteiger partial charge < -0.3 is 9.47 Å². The van der Waals surface area contributed by atoms with Crippen LogP contribution in [0.4, 0.5) is 0 Å². The van der Waals surface area contributed by atoms with Crippen LogP contribution in [-0.2, 0) is 19.1 Å². The first kappa shape index (κ1) is 18.1. The largest absolute Gasteiger partial charge is 0.465 e. The molecule has 0 heterocycles. The Morgan fingerprint density at radius 1 is 0.808 bits per heavy atom. The Kier molecular flexibility index (Phi) is 5.11. The standard InChI is InChI=1S/C22H32O4/c1-3-5-9-25-21(23)19-15-12-16(20(19)22(24)26-10-6-4-2)18-14-8-7-13(11-14)17(15)18/h7-8,13-20H,3-6,9-12H2,1-2H3/t13?,14?,15-,16-,17?,18?,19?,20?/m1/s1. The third-order valence-corrected chi connectivity index (χ3v) is 7.45. The molecule has 26 heavy (non-hydrogen) atoms. The zero-order chi connectivity index (χ0) is 18.3. The molecule has 4 nitrogen and oxygen atoms in total. The van der Waals surface area contributed by atoms with E-state index in [1.807, 2.05) is 0 Å². The minimum atomic E-state index is -0.278. The molecule has 4 bridgehead atoms. The number of unbranched alkanes of at least 4 members (excludes halogenated alkanes) is 2.